The summed E-state index contributed by atoms with van der Waals surface area (Å²) in [7, 11) is 3.32. The predicted molar refractivity (Wildman–Crippen MR) is 129 cm³/mol. The van der Waals surface area contributed by atoms with Gasteiger partial charge in [0.05, 0.1) is 31.9 Å². The third kappa shape index (κ3) is 3.94. The highest BCUT2D eigenvalue weighted by atomic mass is 16.5. The van der Waals surface area contributed by atoms with Gasteiger partial charge in [0.15, 0.2) is 11.5 Å². The van der Waals surface area contributed by atoms with Crippen molar-refractivity contribution in [3.8, 4) is 17.4 Å². The number of anilines is 1. The number of nitrogens with zero attached hydrogens (tertiary/aromatic N) is 5. The van der Waals surface area contributed by atoms with Gasteiger partial charge < -0.3 is 19.4 Å². The number of rotatable bonds is 5. The maximum Gasteiger partial charge on any atom is 0.243 e. The van der Waals surface area contributed by atoms with Crippen molar-refractivity contribution in [2.24, 2.45) is 11.8 Å². The van der Waals surface area contributed by atoms with Crippen LogP contribution in [0.4, 0.5) is 5.69 Å². The van der Waals surface area contributed by atoms with E-state index in [0.29, 0.717) is 48.1 Å². The summed E-state index contributed by atoms with van der Waals surface area (Å²) in [6, 6.07) is 1.61. The molecule has 3 aromatic rings. The quantitative estimate of drug-likeness (QED) is 0.593. The van der Waals surface area contributed by atoms with Crippen molar-refractivity contribution in [1.29, 1.82) is 0 Å². The second-order valence-corrected chi connectivity index (χ2v) is 9.59. The molecule has 182 valence electrons. The summed E-state index contributed by atoms with van der Waals surface area (Å²) >= 11 is 0. The number of carbonyl (C=O) groups excluding carboxylic acids is 1. The van der Waals surface area contributed by atoms with E-state index in [4.69, 9.17) is 14.5 Å². The fourth-order valence-corrected chi connectivity index (χ4v) is 4.97. The largest absolute Gasteiger partial charge is 0.479 e. The molecule has 1 fully saturated rings. The van der Waals surface area contributed by atoms with E-state index >= 15 is 0 Å². The van der Waals surface area contributed by atoms with Crippen molar-refractivity contribution >= 4 is 22.8 Å². The summed E-state index contributed by atoms with van der Waals surface area (Å²) in [4.78, 5) is 29.7. The summed E-state index contributed by atoms with van der Waals surface area (Å²) in [6.07, 6.45) is 1.96. The number of amides is 1. The van der Waals surface area contributed by atoms with Gasteiger partial charge in [0.25, 0.3) is 0 Å². The standard InChI is InChI=1S/C24H33N7O3/c1-13-10-16-17(11-14(13)2)28-29-20(16)22-25-18-12-19(23(33-5)27-21(18)26-22)30(4)24(32)15(3)31-6-8-34-9-7-31/h12-15H,6-11H2,1-5H3,(H,28,29)(H,25,26,27)/t13?,14-,15?/m1/s1. The van der Waals surface area contributed by atoms with Gasteiger partial charge in [-0.2, -0.15) is 10.1 Å². The molecule has 0 spiro atoms. The van der Waals surface area contributed by atoms with Crippen LogP contribution in [0.5, 0.6) is 5.88 Å². The molecule has 2 aliphatic rings. The van der Waals surface area contributed by atoms with Crippen LogP contribution in [0.2, 0.25) is 0 Å². The number of hydrogen-bond acceptors (Lipinski definition) is 7. The van der Waals surface area contributed by atoms with E-state index in [1.165, 1.54) is 11.3 Å². The fraction of sp³-hybridized carbons (Fsp3) is 0.583. The Labute approximate surface area is 199 Å². The number of H-pyrrole nitrogens is 2. The molecule has 0 saturated carbocycles. The maximum absolute atomic E-state index is 13.3. The molecule has 2 N–H and O–H groups in total. The summed E-state index contributed by atoms with van der Waals surface area (Å²) in [5.74, 6) is 2.23. The van der Waals surface area contributed by atoms with Gasteiger partial charge in [-0.3, -0.25) is 14.8 Å². The number of carbonyl (C=O) groups is 1. The number of hydrogen-bond donors (Lipinski definition) is 2. The molecule has 0 bridgehead atoms. The molecule has 0 aromatic carbocycles. The lowest BCUT2D eigenvalue weighted by Gasteiger charge is -2.33. The number of likely N-dealkylation sites (N-methyl/N-ethyl adjacent to an activating group) is 1. The number of aromatic nitrogens is 5. The van der Waals surface area contributed by atoms with Crippen LogP contribution in [0.25, 0.3) is 22.7 Å². The number of aromatic amines is 2. The van der Waals surface area contributed by atoms with Crippen molar-refractivity contribution in [2.75, 3.05) is 45.4 Å². The number of pyridine rings is 1. The molecule has 0 radical (unpaired) electrons. The second-order valence-electron chi connectivity index (χ2n) is 9.59. The van der Waals surface area contributed by atoms with Crippen LogP contribution >= 0.6 is 0 Å². The van der Waals surface area contributed by atoms with Crippen molar-refractivity contribution in [3.05, 3.63) is 17.3 Å². The molecule has 1 amide bonds. The highest BCUT2D eigenvalue weighted by molar-refractivity contribution is 5.99. The maximum atomic E-state index is 13.3. The Hall–Kier alpha value is -2.98. The van der Waals surface area contributed by atoms with Gasteiger partial charge in [-0.1, -0.05) is 13.8 Å². The zero-order valence-electron chi connectivity index (χ0n) is 20.5. The highest BCUT2D eigenvalue weighted by Crippen LogP contribution is 2.35. The van der Waals surface area contributed by atoms with Crippen LogP contribution in [0.15, 0.2) is 6.07 Å². The molecule has 34 heavy (non-hydrogen) atoms. The summed E-state index contributed by atoms with van der Waals surface area (Å²) in [6.45, 7) is 9.26. The molecule has 1 aliphatic heterocycles. The van der Waals surface area contributed by atoms with Crippen molar-refractivity contribution in [3.63, 3.8) is 0 Å². The first kappa shape index (κ1) is 22.8. The van der Waals surface area contributed by atoms with Crippen LogP contribution in [-0.2, 0) is 22.4 Å². The Morgan fingerprint density at radius 3 is 2.71 bits per heavy atom. The molecular weight excluding hydrogens is 434 g/mol. The third-order valence-electron chi connectivity index (χ3n) is 7.46. The van der Waals surface area contributed by atoms with E-state index < -0.39 is 0 Å². The minimum absolute atomic E-state index is 0.0226. The highest BCUT2D eigenvalue weighted by Gasteiger charge is 2.30. The lowest BCUT2D eigenvalue weighted by Crippen LogP contribution is -2.50. The molecule has 1 aliphatic carbocycles. The molecule has 10 heteroatoms. The van der Waals surface area contributed by atoms with Gasteiger partial charge in [-0.25, -0.2) is 4.98 Å². The number of imidazole rings is 1. The number of fused-ring (bicyclic) bond motifs is 2. The number of nitrogens with one attached hydrogen (secondary N) is 2. The van der Waals surface area contributed by atoms with Crippen LogP contribution < -0.4 is 9.64 Å². The normalized spacial score (nSPS) is 21.9. The van der Waals surface area contributed by atoms with Crippen molar-refractivity contribution < 1.29 is 14.3 Å². The smallest absolute Gasteiger partial charge is 0.243 e. The van der Waals surface area contributed by atoms with Gasteiger partial charge in [-0.15, -0.1) is 0 Å². The second kappa shape index (κ2) is 8.99. The Kier molecular flexibility index (Phi) is 6.03. The van der Waals surface area contributed by atoms with Crippen molar-refractivity contribution in [2.45, 2.75) is 39.7 Å². The van der Waals surface area contributed by atoms with E-state index in [1.54, 1.807) is 19.1 Å². The average Bonchev–Trinajstić information content (AvgIpc) is 3.45. The van der Waals surface area contributed by atoms with Crippen LogP contribution in [0.3, 0.4) is 0 Å². The lowest BCUT2D eigenvalue weighted by atomic mass is 9.80. The summed E-state index contributed by atoms with van der Waals surface area (Å²) < 4.78 is 11.0. The zero-order chi connectivity index (χ0) is 24.0. The van der Waals surface area contributed by atoms with Gasteiger partial charge in [0.1, 0.15) is 11.4 Å². The topological polar surface area (TPSA) is 112 Å². The minimum Gasteiger partial charge on any atom is -0.479 e. The summed E-state index contributed by atoms with van der Waals surface area (Å²) in [5.41, 5.74) is 5.13. The first-order valence-electron chi connectivity index (χ1n) is 12.0. The van der Waals surface area contributed by atoms with E-state index in [1.807, 2.05) is 13.0 Å². The Morgan fingerprint density at radius 2 is 1.97 bits per heavy atom. The first-order valence-corrected chi connectivity index (χ1v) is 12.0. The molecule has 1 saturated heterocycles. The van der Waals surface area contributed by atoms with E-state index in [9.17, 15) is 4.79 Å². The Bertz CT molecular complexity index is 1200. The Morgan fingerprint density at radius 1 is 1.24 bits per heavy atom. The monoisotopic (exact) mass is 467 g/mol. The van der Waals surface area contributed by atoms with Gasteiger partial charge in [0, 0.05) is 31.4 Å². The van der Waals surface area contributed by atoms with E-state index in [-0.39, 0.29) is 11.9 Å². The SMILES string of the molecule is COc1nc2nc(-c3n[nH]c4c3CC(C)[C@H](C)C4)[nH]c2cc1N(C)C(=O)C(C)N1CCOCC1. The molecule has 4 heterocycles. The summed E-state index contributed by atoms with van der Waals surface area (Å²) in [5, 5.41) is 7.79. The lowest BCUT2D eigenvalue weighted by molar-refractivity contribution is -0.124. The Balaban J connectivity index is 1.46. The van der Waals surface area contributed by atoms with Gasteiger partial charge in [0.2, 0.25) is 11.8 Å². The molecule has 3 atom stereocenters. The van der Waals surface area contributed by atoms with E-state index in [2.05, 4.69) is 38.9 Å². The van der Waals surface area contributed by atoms with Gasteiger partial charge in [-0.05, 0) is 37.7 Å². The zero-order valence-corrected chi connectivity index (χ0v) is 20.5. The van der Waals surface area contributed by atoms with Crippen molar-refractivity contribution in [1.82, 2.24) is 30.0 Å². The third-order valence-corrected chi connectivity index (χ3v) is 7.46. The van der Waals surface area contributed by atoms with Gasteiger partial charge >= 0.3 is 0 Å². The minimum atomic E-state index is -0.272. The molecule has 10 nitrogen and oxygen atoms in total. The van der Waals surface area contributed by atoms with Crippen LogP contribution in [0.1, 0.15) is 32.0 Å². The van der Waals surface area contributed by atoms with Crippen LogP contribution in [0, 0.1) is 11.8 Å². The predicted octanol–water partition coefficient (Wildman–Crippen LogP) is 2.41. The molecular formula is C24H33N7O3. The molecule has 5 rings (SSSR count). The number of ether oxygens (including phenoxy) is 2. The molecule has 3 aromatic heterocycles. The van der Waals surface area contributed by atoms with Crippen LogP contribution in [-0.4, -0.2) is 82.5 Å². The first-order chi connectivity index (χ1) is 16.4. The number of methoxy groups -OCH3 is 1. The van der Waals surface area contributed by atoms with E-state index in [0.717, 1.165) is 37.1 Å². The fourth-order valence-electron chi connectivity index (χ4n) is 4.97. The number of morpholine rings is 1. The average molecular weight is 468 g/mol. The molecule has 2 unspecified atom stereocenters.